The summed E-state index contributed by atoms with van der Waals surface area (Å²) < 4.78 is 7.07. The summed E-state index contributed by atoms with van der Waals surface area (Å²) in [5.74, 6) is 0.264. The highest BCUT2D eigenvalue weighted by Crippen LogP contribution is 2.24. The van der Waals surface area contributed by atoms with Crippen LogP contribution in [0, 0.1) is 0 Å². The first-order valence-corrected chi connectivity index (χ1v) is 12.3. The minimum Gasteiger partial charge on any atom is -0.379 e. The topological polar surface area (TPSA) is 88.5 Å². The number of hydrogen-bond donors (Lipinski definition) is 2. The van der Waals surface area contributed by atoms with Crippen molar-refractivity contribution in [3.8, 4) is 11.3 Å². The van der Waals surface area contributed by atoms with Crippen LogP contribution in [0.5, 0.6) is 0 Å². The Morgan fingerprint density at radius 3 is 2.32 bits per heavy atom. The third kappa shape index (κ3) is 5.94. The van der Waals surface area contributed by atoms with Crippen LogP contribution in [-0.2, 0) is 18.3 Å². The van der Waals surface area contributed by atoms with E-state index in [1.54, 1.807) is 23.9 Å². The number of hydrogen-bond acceptors (Lipinski definition) is 5. The Bertz CT molecular complexity index is 1380. The highest BCUT2D eigenvalue weighted by Gasteiger charge is 2.17. The van der Waals surface area contributed by atoms with Gasteiger partial charge in [0.15, 0.2) is 0 Å². The zero-order valence-corrected chi connectivity index (χ0v) is 20.7. The Labute approximate surface area is 215 Å². The van der Waals surface area contributed by atoms with Gasteiger partial charge in [0.1, 0.15) is 5.82 Å². The van der Waals surface area contributed by atoms with E-state index in [9.17, 15) is 9.59 Å². The van der Waals surface area contributed by atoms with Crippen LogP contribution >= 0.6 is 0 Å². The van der Waals surface area contributed by atoms with Gasteiger partial charge in [-0.25, -0.2) is 0 Å². The lowest BCUT2D eigenvalue weighted by molar-refractivity contribution is 0.0341. The van der Waals surface area contributed by atoms with Crippen LogP contribution in [0.3, 0.4) is 0 Å². The predicted molar refractivity (Wildman–Crippen MR) is 144 cm³/mol. The van der Waals surface area contributed by atoms with E-state index in [0.717, 1.165) is 43.1 Å². The molecular formula is C29H29N5O3. The summed E-state index contributed by atoms with van der Waals surface area (Å²) in [4.78, 5) is 27.9. The molecule has 3 aromatic carbocycles. The number of aromatic nitrogens is 2. The molecule has 8 nitrogen and oxygen atoms in total. The molecule has 1 saturated heterocycles. The molecule has 188 valence electrons. The van der Waals surface area contributed by atoms with Gasteiger partial charge in [0.05, 0.1) is 18.9 Å². The second kappa shape index (κ2) is 11.2. The molecule has 2 heterocycles. The van der Waals surface area contributed by atoms with Crippen molar-refractivity contribution in [2.45, 2.75) is 6.54 Å². The average molecular weight is 496 g/mol. The summed E-state index contributed by atoms with van der Waals surface area (Å²) in [6.45, 7) is 3.88. The van der Waals surface area contributed by atoms with Gasteiger partial charge in [-0.1, -0.05) is 48.5 Å². The van der Waals surface area contributed by atoms with E-state index in [0.29, 0.717) is 29.2 Å². The Morgan fingerprint density at radius 1 is 0.865 bits per heavy atom. The van der Waals surface area contributed by atoms with Gasteiger partial charge in [-0.3, -0.25) is 19.2 Å². The largest absolute Gasteiger partial charge is 0.379 e. The van der Waals surface area contributed by atoms with Gasteiger partial charge in [0.2, 0.25) is 0 Å². The SMILES string of the molecule is Cn1nc(-c2ccc(NC(=O)c3ccccc3CN3CCOCC3)cc2)cc1NC(=O)c1ccccc1. The number of amides is 2. The van der Waals surface area contributed by atoms with Crippen LogP contribution in [0.25, 0.3) is 11.3 Å². The molecule has 1 aromatic heterocycles. The monoisotopic (exact) mass is 495 g/mol. The molecular weight excluding hydrogens is 466 g/mol. The highest BCUT2D eigenvalue weighted by molar-refractivity contribution is 6.05. The quantitative estimate of drug-likeness (QED) is 0.396. The molecule has 1 aliphatic rings. The van der Waals surface area contributed by atoms with E-state index >= 15 is 0 Å². The van der Waals surface area contributed by atoms with Crippen molar-refractivity contribution < 1.29 is 14.3 Å². The lowest BCUT2D eigenvalue weighted by Crippen LogP contribution is -2.36. The fraction of sp³-hybridized carbons (Fsp3) is 0.207. The van der Waals surface area contributed by atoms with Crippen LogP contribution in [-0.4, -0.2) is 52.8 Å². The van der Waals surface area contributed by atoms with Crippen molar-refractivity contribution in [3.63, 3.8) is 0 Å². The first kappa shape index (κ1) is 24.4. The summed E-state index contributed by atoms with van der Waals surface area (Å²) in [5, 5.41) is 10.4. The number of nitrogens with one attached hydrogen (secondary N) is 2. The van der Waals surface area contributed by atoms with Crippen LogP contribution in [0.4, 0.5) is 11.5 Å². The van der Waals surface area contributed by atoms with Gasteiger partial charge < -0.3 is 15.4 Å². The average Bonchev–Trinajstić information content (AvgIpc) is 3.30. The lowest BCUT2D eigenvalue weighted by Gasteiger charge is -2.27. The van der Waals surface area contributed by atoms with Crippen molar-refractivity contribution in [2.75, 3.05) is 36.9 Å². The van der Waals surface area contributed by atoms with Gasteiger partial charge >= 0.3 is 0 Å². The molecule has 5 rings (SSSR count). The van der Waals surface area contributed by atoms with E-state index in [4.69, 9.17) is 4.74 Å². The van der Waals surface area contributed by atoms with Crippen molar-refractivity contribution in [1.82, 2.24) is 14.7 Å². The number of aryl methyl sites for hydroxylation is 1. The van der Waals surface area contributed by atoms with E-state index in [-0.39, 0.29) is 11.8 Å². The van der Waals surface area contributed by atoms with E-state index in [1.165, 1.54) is 0 Å². The predicted octanol–water partition coefficient (Wildman–Crippen LogP) is 4.42. The molecule has 8 heteroatoms. The number of carbonyl (C=O) groups excluding carboxylic acids is 2. The van der Waals surface area contributed by atoms with Crippen LogP contribution in [0.2, 0.25) is 0 Å². The minimum absolute atomic E-state index is 0.139. The number of carbonyl (C=O) groups is 2. The number of benzene rings is 3. The zero-order valence-electron chi connectivity index (χ0n) is 20.7. The van der Waals surface area contributed by atoms with E-state index in [2.05, 4.69) is 20.6 Å². The Morgan fingerprint density at radius 2 is 1.57 bits per heavy atom. The molecule has 0 radical (unpaired) electrons. The van der Waals surface area contributed by atoms with Gasteiger partial charge in [-0.2, -0.15) is 5.10 Å². The first-order valence-electron chi connectivity index (χ1n) is 12.3. The van der Waals surface area contributed by atoms with Crippen molar-refractivity contribution >= 4 is 23.3 Å². The number of ether oxygens (including phenoxy) is 1. The molecule has 37 heavy (non-hydrogen) atoms. The maximum atomic E-state index is 13.1. The molecule has 0 unspecified atom stereocenters. The maximum Gasteiger partial charge on any atom is 0.256 e. The molecule has 4 aromatic rings. The van der Waals surface area contributed by atoms with E-state index in [1.807, 2.05) is 72.8 Å². The lowest BCUT2D eigenvalue weighted by atomic mass is 10.1. The highest BCUT2D eigenvalue weighted by atomic mass is 16.5. The minimum atomic E-state index is -0.192. The fourth-order valence-corrected chi connectivity index (χ4v) is 4.31. The van der Waals surface area contributed by atoms with Gasteiger partial charge in [-0.15, -0.1) is 0 Å². The van der Waals surface area contributed by atoms with Crippen LogP contribution < -0.4 is 10.6 Å². The van der Waals surface area contributed by atoms with Crippen LogP contribution in [0.1, 0.15) is 26.3 Å². The molecule has 0 saturated carbocycles. The van der Waals surface area contributed by atoms with Crippen molar-refractivity contribution in [3.05, 3.63) is 102 Å². The molecule has 2 N–H and O–H groups in total. The Balaban J connectivity index is 1.25. The number of morpholine rings is 1. The second-order valence-electron chi connectivity index (χ2n) is 8.94. The number of nitrogens with zero attached hydrogens (tertiary/aromatic N) is 3. The van der Waals surface area contributed by atoms with Crippen molar-refractivity contribution in [2.24, 2.45) is 7.05 Å². The van der Waals surface area contributed by atoms with E-state index < -0.39 is 0 Å². The third-order valence-corrected chi connectivity index (χ3v) is 6.36. The number of anilines is 2. The normalized spacial score (nSPS) is 13.8. The van der Waals surface area contributed by atoms with Crippen LogP contribution in [0.15, 0.2) is 84.9 Å². The molecule has 2 amide bonds. The standard InChI is InChI=1S/C29H29N5O3/c1-33-27(31-28(35)22-7-3-2-4-8-22)19-26(32-33)21-11-13-24(14-12-21)30-29(36)25-10-6-5-9-23(25)20-34-15-17-37-18-16-34/h2-14,19H,15-18,20H2,1H3,(H,30,36)(H,31,35). The Hall–Kier alpha value is -4.27. The first-order chi connectivity index (χ1) is 18.1. The summed E-state index contributed by atoms with van der Waals surface area (Å²) in [7, 11) is 1.78. The third-order valence-electron chi connectivity index (χ3n) is 6.36. The number of rotatable bonds is 7. The van der Waals surface area contributed by atoms with Gasteiger partial charge in [-0.05, 0) is 35.9 Å². The summed E-state index contributed by atoms with van der Waals surface area (Å²) in [6.07, 6.45) is 0. The summed E-state index contributed by atoms with van der Waals surface area (Å²) in [5.41, 5.74) is 4.54. The van der Waals surface area contributed by atoms with Crippen molar-refractivity contribution in [1.29, 1.82) is 0 Å². The van der Waals surface area contributed by atoms with Gasteiger partial charge in [0, 0.05) is 55.1 Å². The fourth-order valence-electron chi connectivity index (χ4n) is 4.31. The molecule has 0 bridgehead atoms. The molecule has 1 fully saturated rings. The second-order valence-corrected chi connectivity index (χ2v) is 8.94. The summed E-state index contributed by atoms with van der Waals surface area (Å²) >= 11 is 0. The maximum absolute atomic E-state index is 13.1. The van der Waals surface area contributed by atoms with Gasteiger partial charge in [0.25, 0.3) is 11.8 Å². The molecule has 0 spiro atoms. The Kier molecular flexibility index (Phi) is 7.39. The molecule has 0 atom stereocenters. The summed E-state index contributed by atoms with van der Waals surface area (Å²) in [6, 6.07) is 26.1. The smallest absolute Gasteiger partial charge is 0.256 e. The zero-order chi connectivity index (χ0) is 25.6. The molecule has 0 aliphatic carbocycles. The molecule has 1 aliphatic heterocycles.